The molecule has 2 aromatic carbocycles. The molecule has 0 fully saturated rings. The molecule has 0 aliphatic heterocycles. The number of aryl methyl sites for hydroxylation is 1. The van der Waals surface area contributed by atoms with Gasteiger partial charge in [-0.3, -0.25) is 9.59 Å². The standard InChI is InChI=1S/C22H24N4O4S2/c1-4-26-20(14-32(29,30)19-10-8-15(2)9-11-19)24-25-22(26)31-13-21(28)23-18-7-5-6-17(12-18)16(3)27/h5-12H,4,13-14H2,1-3H3,(H,23,28). The number of anilines is 1. The lowest BCUT2D eigenvalue weighted by Crippen LogP contribution is -2.15. The Morgan fingerprint density at radius 2 is 1.81 bits per heavy atom. The minimum atomic E-state index is -3.57. The molecule has 0 aliphatic rings. The number of benzene rings is 2. The van der Waals surface area contributed by atoms with Gasteiger partial charge in [0.15, 0.2) is 20.8 Å². The van der Waals surface area contributed by atoms with Crippen molar-refractivity contribution in [1.29, 1.82) is 0 Å². The first-order chi connectivity index (χ1) is 15.2. The second-order valence-electron chi connectivity index (χ2n) is 7.19. The average molecular weight is 473 g/mol. The largest absolute Gasteiger partial charge is 0.325 e. The first kappa shape index (κ1) is 23.7. The Balaban J connectivity index is 1.67. The van der Waals surface area contributed by atoms with Crippen molar-refractivity contribution < 1.29 is 18.0 Å². The van der Waals surface area contributed by atoms with Gasteiger partial charge in [0.25, 0.3) is 0 Å². The predicted molar refractivity (Wildman–Crippen MR) is 124 cm³/mol. The van der Waals surface area contributed by atoms with Crippen molar-refractivity contribution >= 4 is 39.0 Å². The first-order valence-electron chi connectivity index (χ1n) is 9.94. The minimum Gasteiger partial charge on any atom is -0.325 e. The average Bonchev–Trinajstić information content (AvgIpc) is 3.13. The molecule has 1 heterocycles. The van der Waals surface area contributed by atoms with Gasteiger partial charge in [-0.25, -0.2) is 8.42 Å². The molecular weight excluding hydrogens is 448 g/mol. The number of carbonyl (C=O) groups is 2. The maximum absolute atomic E-state index is 12.8. The van der Waals surface area contributed by atoms with Gasteiger partial charge in [-0.15, -0.1) is 10.2 Å². The summed E-state index contributed by atoms with van der Waals surface area (Å²) in [7, 11) is -3.57. The lowest BCUT2D eigenvalue weighted by atomic mass is 10.1. The lowest BCUT2D eigenvalue weighted by Gasteiger charge is -2.09. The minimum absolute atomic E-state index is 0.0626. The first-order valence-corrected chi connectivity index (χ1v) is 12.6. The molecule has 0 bridgehead atoms. The number of sulfone groups is 1. The third-order valence-electron chi connectivity index (χ3n) is 4.69. The number of ketones is 1. The highest BCUT2D eigenvalue weighted by Gasteiger charge is 2.21. The summed E-state index contributed by atoms with van der Waals surface area (Å²) in [4.78, 5) is 24.1. The molecule has 3 aromatic rings. The number of nitrogens with zero attached hydrogens (tertiary/aromatic N) is 3. The van der Waals surface area contributed by atoms with Gasteiger partial charge in [0.05, 0.1) is 10.6 Å². The van der Waals surface area contributed by atoms with E-state index < -0.39 is 9.84 Å². The molecule has 10 heteroatoms. The molecule has 0 aliphatic carbocycles. The van der Waals surface area contributed by atoms with Crippen molar-refractivity contribution in [3.8, 4) is 0 Å². The number of thioether (sulfide) groups is 1. The highest BCUT2D eigenvalue weighted by atomic mass is 32.2. The SMILES string of the molecule is CCn1c(CS(=O)(=O)c2ccc(C)cc2)nnc1SCC(=O)Nc1cccc(C(C)=O)c1. The van der Waals surface area contributed by atoms with E-state index in [0.717, 1.165) is 5.56 Å². The summed E-state index contributed by atoms with van der Waals surface area (Å²) in [5, 5.41) is 11.4. The molecular formula is C22H24N4O4S2. The zero-order valence-electron chi connectivity index (χ0n) is 18.0. The Kier molecular flexibility index (Phi) is 7.47. The van der Waals surface area contributed by atoms with Crippen LogP contribution in [-0.4, -0.2) is 40.6 Å². The number of hydrogen-bond acceptors (Lipinski definition) is 7. The van der Waals surface area contributed by atoms with Gasteiger partial charge in [-0.1, -0.05) is 41.6 Å². The number of hydrogen-bond donors (Lipinski definition) is 1. The maximum atomic E-state index is 12.8. The van der Waals surface area contributed by atoms with Gasteiger partial charge in [-0.2, -0.15) is 0 Å². The summed E-state index contributed by atoms with van der Waals surface area (Å²) < 4.78 is 27.2. The van der Waals surface area contributed by atoms with E-state index in [9.17, 15) is 18.0 Å². The quantitative estimate of drug-likeness (QED) is 0.375. The molecule has 0 radical (unpaired) electrons. The fourth-order valence-electron chi connectivity index (χ4n) is 2.99. The summed E-state index contributed by atoms with van der Waals surface area (Å²) in [5.41, 5.74) is 2.02. The summed E-state index contributed by atoms with van der Waals surface area (Å²) in [6.45, 7) is 5.69. The number of Topliss-reactive ketones (excluding diaryl/α,β-unsaturated/α-hetero) is 1. The van der Waals surface area contributed by atoms with Crippen LogP contribution < -0.4 is 5.32 Å². The number of carbonyl (C=O) groups excluding carboxylic acids is 2. The van der Waals surface area contributed by atoms with Crippen LogP contribution in [0.1, 0.15) is 35.6 Å². The molecule has 0 unspecified atom stereocenters. The Labute approximate surface area is 191 Å². The molecule has 1 aromatic heterocycles. The number of amides is 1. The van der Waals surface area contributed by atoms with E-state index in [1.807, 2.05) is 13.8 Å². The molecule has 0 saturated heterocycles. The van der Waals surface area contributed by atoms with Gasteiger partial charge < -0.3 is 9.88 Å². The summed E-state index contributed by atoms with van der Waals surface area (Å²) in [6.07, 6.45) is 0. The fraction of sp³-hybridized carbons (Fsp3) is 0.273. The molecule has 8 nitrogen and oxygen atoms in total. The van der Waals surface area contributed by atoms with Crippen LogP contribution in [0.2, 0.25) is 0 Å². The summed E-state index contributed by atoms with van der Waals surface area (Å²) >= 11 is 1.17. The van der Waals surface area contributed by atoms with Gasteiger partial charge in [0.1, 0.15) is 11.6 Å². The van der Waals surface area contributed by atoms with Gasteiger partial charge in [0.2, 0.25) is 5.91 Å². The van der Waals surface area contributed by atoms with Crippen LogP contribution in [0.3, 0.4) is 0 Å². The second kappa shape index (κ2) is 10.1. The van der Waals surface area contributed by atoms with E-state index in [1.54, 1.807) is 53.1 Å². The molecule has 0 saturated carbocycles. The van der Waals surface area contributed by atoms with Crippen LogP contribution >= 0.6 is 11.8 Å². The number of aromatic nitrogens is 3. The zero-order chi connectivity index (χ0) is 23.3. The van der Waals surface area contributed by atoms with E-state index in [0.29, 0.717) is 28.8 Å². The second-order valence-corrected chi connectivity index (χ2v) is 10.1. The Morgan fingerprint density at radius 3 is 2.47 bits per heavy atom. The van der Waals surface area contributed by atoms with Crippen LogP contribution in [0, 0.1) is 6.92 Å². The van der Waals surface area contributed by atoms with E-state index >= 15 is 0 Å². The number of nitrogens with one attached hydrogen (secondary N) is 1. The van der Waals surface area contributed by atoms with Crippen LogP contribution in [0.5, 0.6) is 0 Å². The van der Waals surface area contributed by atoms with Gasteiger partial charge in [0, 0.05) is 17.8 Å². The van der Waals surface area contributed by atoms with Crippen molar-refractivity contribution in [2.45, 2.75) is 43.1 Å². The molecule has 1 N–H and O–H groups in total. The topological polar surface area (TPSA) is 111 Å². The maximum Gasteiger partial charge on any atom is 0.234 e. The highest BCUT2D eigenvalue weighted by Crippen LogP contribution is 2.22. The third kappa shape index (κ3) is 5.83. The fourth-order valence-corrected chi connectivity index (χ4v) is 5.08. The van der Waals surface area contributed by atoms with E-state index in [2.05, 4.69) is 15.5 Å². The third-order valence-corrected chi connectivity index (χ3v) is 7.29. The van der Waals surface area contributed by atoms with Crippen LogP contribution in [0.4, 0.5) is 5.69 Å². The van der Waals surface area contributed by atoms with Gasteiger partial charge in [-0.05, 0) is 45.0 Å². The van der Waals surface area contributed by atoms with Crippen molar-refractivity contribution in [3.05, 3.63) is 65.5 Å². The molecule has 32 heavy (non-hydrogen) atoms. The van der Waals surface area contributed by atoms with Crippen LogP contribution in [0.15, 0.2) is 58.6 Å². The Morgan fingerprint density at radius 1 is 1.09 bits per heavy atom. The van der Waals surface area contributed by atoms with Crippen LogP contribution in [0.25, 0.3) is 0 Å². The highest BCUT2D eigenvalue weighted by molar-refractivity contribution is 7.99. The van der Waals surface area contributed by atoms with E-state index in [4.69, 9.17) is 0 Å². The predicted octanol–water partition coefficient (Wildman–Crippen LogP) is 3.51. The monoisotopic (exact) mass is 472 g/mol. The van der Waals surface area contributed by atoms with Crippen molar-refractivity contribution in [2.75, 3.05) is 11.1 Å². The molecule has 1 amide bonds. The van der Waals surface area contributed by atoms with Crippen molar-refractivity contribution in [1.82, 2.24) is 14.8 Å². The summed E-state index contributed by atoms with van der Waals surface area (Å²) in [5.74, 6) is -0.241. The summed E-state index contributed by atoms with van der Waals surface area (Å²) in [6, 6.07) is 13.4. The van der Waals surface area contributed by atoms with E-state index in [-0.39, 0.29) is 28.1 Å². The molecule has 168 valence electrons. The molecule has 0 atom stereocenters. The molecule has 0 spiro atoms. The van der Waals surface area contributed by atoms with E-state index in [1.165, 1.54) is 18.7 Å². The lowest BCUT2D eigenvalue weighted by molar-refractivity contribution is -0.113. The van der Waals surface area contributed by atoms with Crippen molar-refractivity contribution in [3.63, 3.8) is 0 Å². The zero-order valence-corrected chi connectivity index (χ0v) is 19.7. The molecule has 3 rings (SSSR count). The Bertz CT molecular complexity index is 1240. The van der Waals surface area contributed by atoms with Gasteiger partial charge >= 0.3 is 0 Å². The Hall–Kier alpha value is -2.98. The number of rotatable bonds is 9. The van der Waals surface area contributed by atoms with Crippen LogP contribution in [-0.2, 0) is 26.9 Å². The van der Waals surface area contributed by atoms with Crippen molar-refractivity contribution in [2.24, 2.45) is 0 Å². The normalized spacial score (nSPS) is 11.3. The smallest absolute Gasteiger partial charge is 0.234 e.